The van der Waals surface area contributed by atoms with Gasteiger partial charge in [0.2, 0.25) is 0 Å². The molecule has 106 valence electrons. The molecule has 4 rings (SSSR count). The lowest BCUT2D eigenvalue weighted by Crippen LogP contribution is -1.99. The van der Waals surface area contributed by atoms with E-state index in [1.807, 2.05) is 6.92 Å². The third-order valence-electron chi connectivity index (χ3n) is 3.38. The highest BCUT2D eigenvalue weighted by Crippen LogP contribution is 2.41. The molecule has 0 spiro atoms. The highest BCUT2D eigenvalue weighted by molar-refractivity contribution is 7.99. The number of fused-ring (bicyclic) bond motifs is 1. The van der Waals surface area contributed by atoms with Crippen LogP contribution in [0.3, 0.4) is 0 Å². The number of nitrogens with one attached hydrogen (secondary N) is 1. The van der Waals surface area contributed by atoms with Gasteiger partial charge in [-0.3, -0.25) is 0 Å². The number of halogens is 1. The molecule has 0 aliphatic heterocycles. The Labute approximate surface area is 129 Å². The fourth-order valence-electron chi connectivity index (χ4n) is 2.02. The predicted octanol–water partition coefficient (Wildman–Crippen LogP) is 3.13. The molecule has 1 saturated carbocycles. The van der Waals surface area contributed by atoms with E-state index in [1.165, 1.54) is 18.1 Å². The van der Waals surface area contributed by atoms with Gasteiger partial charge < -0.3 is 4.98 Å². The van der Waals surface area contributed by atoms with Crippen molar-refractivity contribution in [2.45, 2.75) is 35.7 Å². The van der Waals surface area contributed by atoms with E-state index < -0.39 is 0 Å². The Morgan fingerprint density at radius 2 is 2.05 bits per heavy atom. The van der Waals surface area contributed by atoms with Gasteiger partial charge in [0.15, 0.2) is 5.65 Å². The van der Waals surface area contributed by atoms with Crippen molar-refractivity contribution in [1.29, 1.82) is 0 Å². The summed E-state index contributed by atoms with van der Waals surface area (Å²) < 4.78 is 0. The lowest BCUT2D eigenvalue weighted by atomic mass is 10.3. The molecule has 3 heterocycles. The summed E-state index contributed by atoms with van der Waals surface area (Å²) in [4.78, 5) is 24.7. The number of aromatic amines is 1. The third kappa shape index (κ3) is 2.36. The van der Waals surface area contributed by atoms with Crippen LogP contribution in [0, 0.1) is 6.92 Å². The van der Waals surface area contributed by atoms with Crippen molar-refractivity contribution >= 4 is 34.5 Å². The van der Waals surface area contributed by atoms with Crippen LogP contribution in [0.5, 0.6) is 0 Å². The van der Waals surface area contributed by atoms with E-state index >= 15 is 0 Å². The topological polar surface area (TPSA) is 80.2 Å². The first-order valence-corrected chi connectivity index (χ1v) is 7.78. The largest absolute Gasteiger partial charge is 0.341 e. The second-order valence-electron chi connectivity index (χ2n) is 4.96. The maximum Gasteiger partial charge on any atom is 0.181 e. The van der Waals surface area contributed by atoms with Crippen molar-refractivity contribution in [1.82, 2.24) is 29.9 Å². The fraction of sp³-hybridized carbons (Fsp3) is 0.308. The average molecular weight is 319 g/mol. The second kappa shape index (κ2) is 4.92. The summed E-state index contributed by atoms with van der Waals surface area (Å²) in [7, 11) is 0. The zero-order valence-corrected chi connectivity index (χ0v) is 12.7. The van der Waals surface area contributed by atoms with Gasteiger partial charge in [-0.2, -0.15) is 0 Å². The molecule has 1 aliphatic rings. The molecular weight excluding hydrogens is 308 g/mol. The molecule has 3 aromatic rings. The molecule has 6 nitrogen and oxygen atoms in total. The molecule has 0 unspecified atom stereocenters. The van der Waals surface area contributed by atoms with Gasteiger partial charge >= 0.3 is 0 Å². The zero-order chi connectivity index (χ0) is 14.4. The first-order chi connectivity index (χ1) is 10.2. The van der Waals surface area contributed by atoms with E-state index in [0.717, 1.165) is 39.8 Å². The maximum absolute atomic E-state index is 6.24. The zero-order valence-electron chi connectivity index (χ0n) is 11.2. The summed E-state index contributed by atoms with van der Waals surface area (Å²) >= 11 is 7.70. The van der Waals surface area contributed by atoms with Crippen LogP contribution in [0.2, 0.25) is 5.15 Å². The van der Waals surface area contributed by atoms with E-state index in [4.69, 9.17) is 11.6 Å². The van der Waals surface area contributed by atoms with Gasteiger partial charge in [0.1, 0.15) is 32.9 Å². The van der Waals surface area contributed by atoms with E-state index in [1.54, 1.807) is 6.33 Å². The van der Waals surface area contributed by atoms with Gasteiger partial charge in [-0.25, -0.2) is 24.9 Å². The van der Waals surface area contributed by atoms with Crippen LogP contribution in [-0.4, -0.2) is 29.9 Å². The maximum atomic E-state index is 6.24. The molecule has 0 amide bonds. The third-order valence-corrected chi connectivity index (χ3v) is 4.84. The van der Waals surface area contributed by atoms with Crippen LogP contribution in [0.4, 0.5) is 0 Å². The van der Waals surface area contributed by atoms with Crippen molar-refractivity contribution in [3.05, 3.63) is 29.2 Å². The minimum atomic E-state index is 0.458. The highest BCUT2D eigenvalue weighted by Gasteiger charge is 2.28. The molecule has 1 N–H and O–H groups in total. The van der Waals surface area contributed by atoms with Crippen LogP contribution in [0.25, 0.3) is 11.2 Å². The van der Waals surface area contributed by atoms with Crippen molar-refractivity contribution in [2.24, 2.45) is 0 Å². The van der Waals surface area contributed by atoms with Gasteiger partial charge in [-0.15, -0.1) is 0 Å². The Kier molecular flexibility index (Phi) is 3.04. The molecule has 3 aromatic heterocycles. The average Bonchev–Trinajstić information content (AvgIpc) is 3.21. The summed E-state index contributed by atoms with van der Waals surface area (Å²) in [5, 5.41) is 2.15. The summed E-state index contributed by atoms with van der Waals surface area (Å²) in [5.41, 5.74) is 2.33. The normalized spacial score (nSPS) is 14.8. The molecule has 21 heavy (non-hydrogen) atoms. The molecule has 1 aliphatic carbocycles. The number of H-pyrrole nitrogens is 1. The van der Waals surface area contributed by atoms with E-state index in [9.17, 15) is 0 Å². The monoisotopic (exact) mass is 318 g/mol. The lowest BCUT2D eigenvalue weighted by Gasteiger charge is -2.08. The number of imidazole rings is 1. The molecule has 0 saturated heterocycles. The first kappa shape index (κ1) is 13.0. The molecule has 1 fully saturated rings. The highest BCUT2D eigenvalue weighted by atomic mass is 35.5. The number of rotatable bonds is 3. The Morgan fingerprint density at radius 1 is 1.19 bits per heavy atom. The molecular formula is C13H11ClN6S. The van der Waals surface area contributed by atoms with Gasteiger partial charge in [-0.05, 0) is 31.5 Å². The van der Waals surface area contributed by atoms with Crippen LogP contribution in [-0.2, 0) is 0 Å². The van der Waals surface area contributed by atoms with Gasteiger partial charge in [0.05, 0.1) is 6.33 Å². The summed E-state index contributed by atoms with van der Waals surface area (Å²) in [6.45, 7) is 1.92. The van der Waals surface area contributed by atoms with Crippen LogP contribution in [0.1, 0.15) is 30.1 Å². The number of hydrogen-bond donors (Lipinski definition) is 1. The predicted molar refractivity (Wildman–Crippen MR) is 79.6 cm³/mol. The van der Waals surface area contributed by atoms with Crippen molar-refractivity contribution in [3.8, 4) is 0 Å². The number of nitrogens with zero attached hydrogens (tertiary/aromatic N) is 5. The molecule has 8 heteroatoms. The quantitative estimate of drug-likeness (QED) is 0.747. The van der Waals surface area contributed by atoms with Crippen molar-refractivity contribution < 1.29 is 0 Å². The summed E-state index contributed by atoms with van der Waals surface area (Å²) in [6.07, 6.45) is 5.40. The van der Waals surface area contributed by atoms with Crippen LogP contribution in [0.15, 0.2) is 22.7 Å². The van der Waals surface area contributed by atoms with Gasteiger partial charge in [0.25, 0.3) is 0 Å². The van der Waals surface area contributed by atoms with Crippen molar-refractivity contribution in [3.63, 3.8) is 0 Å². The second-order valence-corrected chi connectivity index (χ2v) is 6.29. The van der Waals surface area contributed by atoms with Crippen LogP contribution >= 0.6 is 23.4 Å². The van der Waals surface area contributed by atoms with Crippen LogP contribution < -0.4 is 0 Å². The first-order valence-electron chi connectivity index (χ1n) is 6.58. The fourth-order valence-corrected chi connectivity index (χ4v) is 3.18. The molecule has 0 bridgehead atoms. The molecule has 0 aromatic carbocycles. The SMILES string of the molecule is Cc1c(Cl)nc(C2CC2)nc1Sc1ncnc2nc[nH]c12. The lowest BCUT2D eigenvalue weighted by molar-refractivity contribution is 0.861. The Balaban J connectivity index is 1.78. The summed E-state index contributed by atoms with van der Waals surface area (Å²) in [5.74, 6) is 1.29. The minimum absolute atomic E-state index is 0.458. The van der Waals surface area contributed by atoms with Gasteiger partial charge in [-0.1, -0.05) is 11.6 Å². The standard InChI is InChI=1S/C13H11ClN6S/c1-6-9(14)19-10(7-2-3-7)20-12(6)21-13-8-11(16-4-15-8)17-5-18-13/h4-5,7H,2-3H2,1H3,(H,15,16,17,18). The number of hydrogen-bond acceptors (Lipinski definition) is 6. The van der Waals surface area contributed by atoms with Crippen molar-refractivity contribution in [2.75, 3.05) is 0 Å². The Morgan fingerprint density at radius 3 is 2.86 bits per heavy atom. The van der Waals surface area contributed by atoms with Gasteiger partial charge in [0, 0.05) is 11.5 Å². The van der Waals surface area contributed by atoms with E-state index in [-0.39, 0.29) is 0 Å². The Bertz CT molecular complexity index is 829. The van der Waals surface area contributed by atoms with E-state index in [0.29, 0.717) is 16.7 Å². The number of aromatic nitrogens is 6. The minimum Gasteiger partial charge on any atom is -0.341 e. The summed E-state index contributed by atoms with van der Waals surface area (Å²) in [6, 6.07) is 0. The smallest absolute Gasteiger partial charge is 0.181 e. The Hall–Kier alpha value is -1.73. The molecule has 0 radical (unpaired) electrons. The van der Waals surface area contributed by atoms with E-state index in [2.05, 4.69) is 29.9 Å². The molecule has 0 atom stereocenters.